The van der Waals surface area contributed by atoms with Crippen molar-refractivity contribution >= 4 is 28.5 Å². The first kappa shape index (κ1) is 19.3. The molecule has 5 heteroatoms. The minimum absolute atomic E-state index is 0.0826. The molecule has 4 aromatic rings. The number of benzene rings is 3. The van der Waals surface area contributed by atoms with Crippen molar-refractivity contribution in [2.24, 2.45) is 0 Å². The summed E-state index contributed by atoms with van der Waals surface area (Å²) in [4.78, 5) is 28.0. The van der Waals surface area contributed by atoms with Gasteiger partial charge in [-0.1, -0.05) is 54.6 Å². The molecule has 0 unspecified atom stereocenters. The summed E-state index contributed by atoms with van der Waals surface area (Å²) in [6, 6.07) is 24.6. The molecule has 3 aromatic carbocycles. The van der Waals surface area contributed by atoms with Crippen LogP contribution in [0.1, 0.15) is 22.3 Å². The number of para-hydroxylation sites is 2. The van der Waals surface area contributed by atoms with E-state index in [-0.39, 0.29) is 17.9 Å². The maximum Gasteiger partial charge on any atom is 0.337 e. The van der Waals surface area contributed by atoms with E-state index in [0.717, 1.165) is 27.6 Å². The van der Waals surface area contributed by atoms with E-state index in [1.165, 1.54) is 6.07 Å². The Balaban J connectivity index is 1.40. The summed E-state index contributed by atoms with van der Waals surface area (Å²) in [7, 11) is 0. The van der Waals surface area contributed by atoms with Gasteiger partial charge in [0, 0.05) is 23.6 Å². The van der Waals surface area contributed by atoms with Crippen molar-refractivity contribution in [1.29, 1.82) is 0 Å². The van der Waals surface area contributed by atoms with Crippen LogP contribution in [0.4, 0.5) is 5.69 Å². The van der Waals surface area contributed by atoms with Crippen molar-refractivity contribution in [1.82, 2.24) is 4.98 Å². The van der Waals surface area contributed by atoms with E-state index in [1.54, 1.807) is 18.2 Å². The Morgan fingerprint density at radius 2 is 1.60 bits per heavy atom. The van der Waals surface area contributed by atoms with E-state index in [4.69, 9.17) is 0 Å². The molecule has 1 aromatic heterocycles. The zero-order chi connectivity index (χ0) is 20.9. The smallest absolute Gasteiger partial charge is 0.337 e. The highest BCUT2D eigenvalue weighted by Crippen LogP contribution is 2.23. The molecule has 0 saturated carbocycles. The van der Waals surface area contributed by atoms with Crippen molar-refractivity contribution in [3.05, 3.63) is 96.2 Å². The van der Waals surface area contributed by atoms with E-state index >= 15 is 0 Å². The zero-order valence-electron chi connectivity index (χ0n) is 16.2. The topological polar surface area (TPSA) is 79.3 Å². The van der Waals surface area contributed by atoms with E-state index in [1.807, 2.05) is 54.7 Å². The van der Waals surface area contributed by atoms with Crippen LogP contribution in [0.15, 0.2) is 85.1 Å². The van der Waals surface area contributed by atoms with Crippen LogP contribution in [-0.4, -0.2) is 22.0 Å². The largest absolute Gasteiger partial charge is 0.478 e. The lowest BCUT2D eigenvalue weighted by atomic mass is 10.0. The molecule has 0 atom stereocenters. The summed E-state index contributed by atoms with van der Waals surface area (Å²) < 4.78 is 0. The van der Waals surface area contributed by atoms with Gasteiger partial charge < -0.3 is 10.4 Å². The number of pyridine rings is 1. The average molecular weight is 396 g/mol. The van der Waals surface area contributed by atoms with Crippen LogP contribution in [0.5, 0.6) is 0 Å². The fraction of sp³-hybridized carbons (Fsp3) is 0.0800. The first-order valence-electron chi connectivity index (χ1n) is 9.66. The molecule has 0 aliphatic rings. The van der Waals surface area contributed by atoms with Gasteiger partial charge in [-0.2, -0.15) is 0 Å². The van der Waals surface area contributed by atoms with Gasteiger partial charge in [0.1, 0.15) is 0 Å². The SMILES string of the molecule is O=C(CCc1ccc(-c2cnc3ccccc3c2)cc1)Nc1ccccc1C(=O)O. The molecule has 148 valence electrons. The number of fused-ring (bicyclic) bond motifs is 1. The molecule has 4 rings (SSSR count). The van der Waals surface area contributed by atoms with Crippen molar-refractivity contribution in [2.75, 3.05) is 5.32 Å². The van der Waals surface area contributed by atoms with Gasteiger partial charge in [0.05, 0.1) is 16.8 Å². The molecule has 0 bridgehead atoms. The maximum atomic E-state index is 12.3. The number of hydrogen-bond donors (Lipinski definition) is 2. The van der Waals surface area contributed by atoms with Crippen LogP contribution in [0.3, 0.4) is 0 Å². The number of nitrogens with one attached hydrogen (secondary N) is 1. The second-order valence-corrected chi connectivity index (χ2v) is 7.01. The summed E-state index contributed by atoms with van der Waals surface area (Å²) in [6.07, 6.45) is 2.70. The first-order chi connectivity index (χ1) is 14.6. The first-order valence-corrected chi connectivity index (χ1v) is 9.66. The van der Waals surface area contributed by atoms with Gasteiger partial charge in [-0.25, -0.2) is 4.79 Å². The minimum atomic E-state index is -1.07. The van der Waals surface area contributed by atoms with Crippen LogP contribution in [0, 0.1) is 0 Å². The summed E-state index contributed by atoms with van der Waals surface area (Å²) in [5, 5.41) is 13.0. The standard InChI is InChI=1S/C25H20N2O3/c28-24(27-23-8-4-2-6-21(23)25(29)30)14-11-17-9-12-18(13-10-17)20-15-19-5-1-3-7-22(19)26-16-20/h1-10,12-13,15-16H,11,14H2,(H,27,28)(H,29,30). The van der Waals surface area contributed by atoms with Gasteiger partial charge >= 0.3 is 5.97 Å². The van der Waals surface area contributed by atoms with Gasteiger partial charge in [-0.3, -0.25) is 9.78 Å². The lowest BCUT2D eigenvalue weighted by molar-refractivity contribution is -0.116. The minimum Gasteiger partial charge on any atom is -0.478 e. The molecule has 0 aliphatic carbocycles. The van der Waals surface area contributed by atoms with Crippen molar-refractivity contribution in [2.45, 2.75) is 12.8 Å². The molecule has 1 heterocycles. The Labute approximate surface area is 174 Å². The van der Waals surface area contributed by atoms with Crippen molar-refractivity contribution in [3.63, 3.8) is 0 Å². The highest BCUT2D eigenvalue weighted by atomic mass is 16.4. The third-order valence-electron chi connectivity index (χ3n) is 4.95. The predicted octanol–water partition coefficient (Wildman–Crippen LogP) is 5.17. The number of anilines is 1. The normalized spacial score (nSPS) is 10.7. The predicted molar refractivity (Wildman–Crippen MR) is 118 cm³/mol. The number of carbonyl (C=O) groups excluding carboxylic acids is 1. The van der Waals surface area contributed by atoms with Crippen molar-refractivity contribution < 1.29 is 14.7 Å². The number of nitrogens with zero attached hydrogens (tertiary/aromatic N) is 1. The van der Waals surface area contributed by atoms with Crippen molar-refractivity contribution in [3.8, 4) is 11.1 Å². The number of aryl methyl sites for hydroxylation is 1. The number of carboxylic acid groups (broad SMARTS) is 1. The second-order valence-electron chi connectivity index (χ2n) is 7.01. The number of carbonyl (C=O) groups is 2. The molecule has 0 fully saturated rings. The molecule has 0 saturated heterocycles. The summed E-state index contributed by atoms with van der Waals surface area (Å²) in [5.74, 6) is -1.28. The lowest BCUT2D eigenvalue weighted by Crippen LogP contribution is -2.15. The molecule has 0 aliphatic heterocycles. The van der Waals surface area contributed by atoms with Gasteiger partial charge in [-0.15, -0.1) is 0 Å². The van der Waals surface area contributed by atoms with E-state index in [0.29, 0.717) is 12.1 Å². The lowest BCUT2D eigenvalue weighted by Gasteiger charge is -2.09. The van der Waals surface area contributed by atoms with Gasteiger partial charge in [-0.05, 0) is 41.8 Å². The van der Waals surface area contributed by atoms with E-state index in [9.17, 15) is 14.7 Å². The maximum absolute atomic E-state index is 12.3. The van der Waals surface area contributed by atoms with Gasteiger partial charge in [0.2, 0.25) is 5.91 Å². The van der Waals surface area contributed by atoms with Crippen LogP contribution in [0.2, 0.25) is 0 Å². The second kappa shape index (κ2) is 8.57. The Kier molecular flexibility index (Phi) is 5.52. The molecule has 0 radical (unpaired) electrons. The average Bonchev–Trinajstić information content (AvgIpc) is 2.78. The Morgan fingerprint density at radius 3 is 2.40 bits per heavy atom. The Hall–Kier alpha value is -3.99. The van der Waals surface area contributed by atoms with Crippen LogP contribution >= 0.6 is 0 Å². The monoisotopic (exact) mass is 396 g/mol. The highest BCUT2D eigenvalue weighted by molar-refractivity contribution is 6.00. The molecule has 0 spiro atoms. The Bertz CT molecular complexity index is 1220. The number of aromatic carboxylic acids is 1. The van der Waals surface area contributed by atoms with Crippen LogP contribution < -0.4 is 5.32 Å². The summed E-state index contributed by atoms with van der Waals surface area (Å²) >= 11 is 0. The molecule has 30 heavy (non-hydrogen) atoms. The van der Waals surface area contributed by atoms with E-state index in [2.05, 4.69) is 16.4 Å². The Morgan fingerprint density at radius 1 is 0.867 bits per heavy atom. The van der Waals surface area contributed by atoms with Gasteiger partial charge in [0.25, 0.3) is 0 Å². The number of rotatable bonds is 6. The molecular formula is C25H20N2O3. The molecule has 5 nitrogen and oxygen atoms in total. The molecule has 1 amide bonds. The zero-order valence-corrected chi connectivity index (χ0v) is 16.2. The number of aromatic nitrogens is 1. The molecular weight excluding hydrogens is 376 g/mol. The third-order valence-corrected chi connectivity index (χ3v) is 4.95. The quantitative estimate of drug-likeness (QED) is 0.471. The number of carboxylic acids is 1. The van der Waals surface area contributed by atoms with E-state index < -0.39 is 5.97 Å². The fourth-order valence-corrected chi connectivity index (χ4v) is 3.34. The highest BCUT2D eigenvalue weighted by Gasteiger charge is 2.11. The third kappa shape index (κ3) is 4.36. The number of hydrogen-bond acceptors (Lipinski definition) is 3. The fourth-order valence-electron chi connectivity index (χ4n) is 3.34. The summed E-state index contributed by atoms with van der Waals surface area (Å²) in [6.45, 7) is 0. The van der Waals surface area contributed by atoms with Crippen LogP contribution in [-0.2, 0) is 11.2 Å². The molecule has 2 N–H and O–H groups in total. The number of amides is 1. The van der Waals surface area contributed by atoms with Gasteiger partial charge in [0.15, 0.2) is 0 Å². The summed E-state index contributed by atoms with van der Waals surface area (Å²) in [5.41, 5.74) is 4.51. The van der Waals surface area contributed by atoms with Crippen LogP contribution in [0.25, 0.3) is 22.0 Å².